The Labute approximate surface area is 143 Å². The van der Waals surface area contributed by atoms with Crippen LogP contribution in [0.3, 0.4) is 0 Å². The van der Waals surface area contributed by atoms with Crippen LogP contribution in [0.4, 0.5) is 0 Å². The van der Waals surface area contributed by atoms with Gasteiger partial charge in [0.1, 0.15) is 0 Å². The molecule has 0 spiro atoms. The number of hydrogen-bond acceptors (Lipinski definition) is 4. The van der Waals surface area contributed by atoms with Crippen LogP contribution >= 0.6 is 0 Å². The zero-order valence-electron chi connectivity index (χ0n) is 15.5. The molecule has 0 aromatic heterocycles. The van der Waals surface area contributed by atoms with Gasteiger partial charge >= 0.3 is 0 Å². The van der Waals surface area contributed by atoms with Crippen molar-refractivity contribution in [3.8, 4) is 0 Å². The van der Waals surface area contributed by atoms with E-state index in [2.05, 4.69) is 6.92 Å². The number of nitrogens with two attached hydrogens (primary N) is 1. The van der Waals surface area contributed by atoms with Crippen LogP contribution in [-0.2, 0) is 4.74 Å². The molecule has 0 amide bonds. The molecule has 4 nitrogen and oxygen atoms in total. The minimum atomic E-state index is -0.886. The fraction of sp³-hybridized carbons (Fsp3) is 1.00. The maximum absolute atomic E-state index is 9.89. The fourth-order valence-corrected chi connectivity index (χ4v) is 2.94. The van der Waals surface area contributed by atoms with Crippen molar-refractivity contribution < 1.29 is 14.9 Å². The van der Waals surface area contributed by atoms with E-state index in [9.17, 15) is 10.2 Å². The van der Waals surface area contributed by atoms with Gasteiger partial charge < -0.3 is 20.7 Å². The van der Waals surface area contributed by atoms with Crippen LogP contribution < -0.4 is 5.73 Å². The maximum atomic E-state index is 9.89. The Bertz CT molecular complexity index is 239. The number of ether oxygens (including phenoxy) is 1. The number of unbranched alkanes of at least 4 members (excludes halogenated alkanes) is 11. The van der Waals surface area contributed by atoms with E-state index in [1.807, 2.05) is 0 Å². The molecular weight excluding hydrogens is 290 g/mol. The van der Waals surface area contributed by atoms with Crippen molar-refractivity contribution in [2.75, 3.05) is 13.7 Å². The number of rotatable bonds is 17. The number of hydrogen-bond donors (Lipinski definition) is 3. The van der Waals surface area contributed by atoms with Crippen molar-refractivity contribution >= 4 is 0 Å². The van der Waals surface area contributed by atoms with Crippen LogP contribution in [0.15, 0.2) is 0 Å². The Morgan fingerprint density at radius 1 is 0.783 bits per heavy atom. The van der Waals surface area contributed by atoms with Gasteiger partial charge in [-0.05, 0) is 6.42 Å². The first-order valence-electron chi connectivity index (χ1n) is 9.74. The summed E-state index contributed by atoms with van der Waals surface area (Å²) in [7, 11) is 1.55. The van der Waals surface area contributed by atoms with Gasteiger partial charge in [0, 0.05) is 7.11 Å². The summed E-state index contributed by atoms with van der Waals surface area (Å²) < 4.78 is 4.90. The average Bonchev–Trinajstić information content (AvgIpc) is 2.55. The molecule has 140 valence electrons. The Morgan fingerprint density at radius 3 is 1.65 bits per heavy atom. The Hall–Kier alpha value is -0.160. The zero-order chi connectivity index (χ0) is 17.3. The minimum absolute atomic E-state index is 0.274. The summed E-state index contributed by atoms with van der Waals surface area (Å²) in [5, 5.41) is 19.7. The molecule has 4 N–H and O–H groups in total. The first-order chi connectivity index (χ1) is 11.1. The average molecular weight is 332 g/mol. The van der Waals surface area contributed by atoms with Crippen molar-refractivity contribution in [3.63, 3.8) is 0 Å². The molecule has 0 fully saturated rings. The smallest absolute Gasteiger partial charge is 0.0971 e. The van der Waals surface area contributed by atoms with Crippen molar-refractivity contribution in [3.05, 3.63) is 0 Å². The van der Waals surface area contributed by atoms with Gasteiger partial charge in [0.15, 0.2) is 0 Å². The molecule has 0 radical (unpaired) electrons. The predicted octanol–water partition coefficient (Wildman–Crippen LogP) is 3.77. The molecule has 0 heterocycles. The highest BCUT2D eigenvalue weighted by molar-refractivity contribution is 4.78. The van der Waals surface area contributed by atoms with E-state index in [1.165, 1.54) is 64.2 Å². The largest absolute Gasteiger partial charge is 0.390 e. The summed E-state index contributed by atoms with van der Waals surface area (Å²) in [5.74, 6) is 0. The van der Waals surface area contributed by atoms with E-state index >= 15 is 0 Å². The summed E-state index contributed by atoms with van der Waals surface area (Å²) >= 11 is 0. The summed E-state index contributed by atoms with van der Waals surface area (Å²) in [4.78, 5) is 0. The van der Waals surface area contributed by atoms with Gasteiger partial charge in [0.2, 0.25) is 0 Å². The van der Waals surface area contributed by atoms with Crippen molar-refractivity contribution in [2.24, 2.45) is 5.73 Å². The lowest BCUT2D eigenvalue weighted by Crippen LogP contribution is -2.45. The highest BCUT2D eigenvalue weighted by Crippen LogP contribution is 2.14. The van der Waals surface area contributed by atoms with Crippen molar-refractivity contribution in [2.45, 2.75) is 109 Å². The molecule has 0 rings (SSSR count). The zero-order valence-corrected chi connectivity index (χ0v) is 15.5. The SMILES string of the molecule is CCCCCCCCCCCCCC[C@@H](O)C(O)[C@@H](N)COC. The van der Waals surface area contributed by atoms with Crippen LogP contribution in [-0.4, -0.2) is 42.2 Å². The van der Waals surface area contributed by atoms with Gasteiger partial charge in [-0.25, -0.2) is 0 Å². The second-order valence-electron chi connectivity index (χ2n) is 6.85. The van der Waals surface area contributed by atoms with Crippen LogP contribution in [0.1, 0.15) is 90.4 Å². The van der Waals surface area contributed by atoms with Crippen LogP contribution in [0.2, 0.25) is 0 Å². The molecule has 1 unspecified atom stereocenters. The summed E-state index contributed by atoms with van der Waals surface area (Å²) in [6, 6.07) is -0.507. The molecule has 0 aromatic carbocycles. The molecule has 0 aliphatic rings. The molecule has 3 atom stereocenters. The molecule has 0 aliphatic heterocycles. The van der Waals surface area contributed by atoms with Crippen molar-refractivity contribution in [1.82, 2.24) is 0 Å². The maximum Gasteiger partial charge on any atom is 0.0971 e. The second-order valence-corrected chi connectivity index (χ2v) is 6.85. The van der Waals surface area contributed by atoms with E-state index in [1.54, 1.807) is 7.11 Å². The molecule has 4 heteroatoms. The van der Waals surface area contributed by atoms with Gasteiger partial charge in [-0.15, -0.1) is 0 Å². The van der Waals surface area contributed by atoms with Crippen LogP contribution in [0.5, 0.6) is 0 Å². The molecule has 0 aliphatic carbocycles. The number of aliphatic hydroxyl groups is 2. The molecular formula is C19H41NO3. The minimum Gasteiger partial charge on any atom is -0.390 e. The quantitative estimate of drug-likeness (QED) is 0.355. The first-order valence-corrected chi connectivity index (χ1v) is 9.74. The molecule has 0 saturated carbocycles. The van der Waals surface area contributed by atoms with E-state index in [4.69, 9.17) is 10.5 Å². The van der Waals surface area contributed by atoms with Gasteiger partial charge in [-0.1, -0.05) is 84.0 Å². The standard InChI is InChI=1S/C19H41NO3/c1-3-4-5-6-7-8-9-10-11-12-13-14-15-18(21)19(22)17(20)16-23-2/h17-19,21-22H,3-16,20H2,1-2H3/t17-,18+,19?/m0/s1. The highest BCUT2D eigenvalue weighted by atomic mass is 16.5. The molecule has 0 saturated heterocycles. The van der Waals surface area contributed by atoms with Crippen molar-refractivity contribution in [1.29, 1.82) is 0 Å². The summed E-state index contributed by atoms with van der Waals surface area (Å²) in [5.41, 5.74) is 5.73. The topological polar surface area (TPSA) is 75.7 Å². The lowest BCUT2D eigenvalue weighted by atomic mass is 10.00. The highest BCUT2D eigenvalue weighted by Gasteiger charge is 2.22. The molecule has 23 heavy (non-hydrogen) atoms. The first kappa shape index (κ1) is 22.8. The van der Waals surface area contributed by atoms with E-state index in [0.717, 1.165) is 12.8 Å². The number of aliphatic hydroxyl groups excluding tert-OH is 2. The predicted molar refractivity (Wildman–Crippen MR) is 97.6 cm³/mol. The third kappa shape index (κ3) is 13.9. The van der Waals surface area contributed by atoms with Gasteiger partial charge in [0.25, 0.3) is 0 Å². The third-order valence-electron chi connectivity index (χ3n) is 4.55. The Morgan fingerprint density at radius 2 is 1.22 bits per heavy atom. The lowest BCUT2D eigenvalue weighted by molar-refractivity contribution is -0.0168. The van der Waals surface area contributed by atoms with Gasteiger partial charge in [-0.3, -0.25) is 0 Å². The van der Waals surface area contributed by atoms with Gasteiger partial charge in [0.05, 0.1) is 24.9 Å². The molecule has 0 bridgehead atoms. The normalized spacial score (nSPS) is 15.5. The Kier molecular flexibility index (Phi) is 16.6. The van der Waals surface area contributed by atoms with E-state index in [-0.39, 0.29) is 6.61 Å². The summed E-state index contributed by atoms with van der Waals surface area (Å²) in [6.07, 6.45) is 14.6. The summed E-state index contributed by atoms with van der Waals surface area (Å²) in [6.45, 7) is 2.53. The fourth-order valence-electron chi connectivity index (χ4n) is 2.94. The van der Waals surface area contributed by atoms with Gasteiger partial charge in [-0.2, -0.15) is 0 Å². The Balaban J connectivity index is 3.32. The van der Waals surface area contributed by atoms with E-state index < -0.39 is 18.2 Å². The van der Waals surface area contributed by atoms with Crippen LogP contribution in [0, 0.1) is 0 Å². The van der Waals surface area contributed by atoms with Crippen LogP contribution in [0.25, 0.3) is 0 Å². The van der Waals surface area contributed by atoms with E-state index in [0.29, 0.717) is 6.42 Å². The third-order valence-corrected chi connectivity index (χ3v) is 4.55. The molecule has 0 aromatic rings. The monoisotopic (exact) mass is 331 g/mol. The lowest BCUT2D eigenvalue weighted by Gasteiger charge is -2.23. The second kappa shape index (κ2) is 16.7. The number of methoxy groups -OCH3 is 1.